The Bertz CT molecular complexity index is 448. The maximum Gasteiger partial charge on any atom is 0.573 e. The van der Waals surface area contributed by atoms with E-state index in [0.29, 0.717) is 10.0 Å². The van der Waals surface area contributed by atoms with Crippen LogP contribution in [0.15, 0.2) is 28.7 Å². The van der Waals surface area contributed by atoms with Crippen LogP contribution in [0.1, 0.15) is 5.56 Å². The van der Waals surface area contributed by atoms with Crippen LogP contribution in [0.5, 0.6) is 5.75 Å². The van der Waals surface area contributed by atoms with Crippen LogP contribution in [0.3, 0.4) is 0 Å². The zero-order valence-electron chi connectivity index (χ0n) is 7.75. The van der Waals surface area contributed by atoms with Crippen molar-refractivity contribution in [3.05, 3.63) is 34.3 Å². The van der Waals surface area contributed by atoms with Gasteiger partial charge in [0, 0.05) is 10.5 Å². The van der Waals surface area contributed by atoms with Crippen LogP contribution in [0.25, 0.3) is 6.08 Å². The molecule has 0 spiro atoms. The van der Waals surface area contributed by atoms with Crippen LogP contribution in [0.4, 0.5) is 13.2 Å². The summed E-state index contributed by atoms with van der Waals surface area (Å²) in [6.07, 6.45) is -2.18. The van der Waals surface area contributed by atoms with Gasteiger partial charge in [-0.3, -0.25) is 0 Å². The molecule has 0 radical (unpaired) electrons. The SMILES string of the molecule is N#CC=Cc1cc(Br)cc(OC(F)(F)F)c1. The third-order valence-electron chi connectivity index (χ3n) is 1.48. The molecule has 6 heteroatoms. The van der Waals surface area contributed by atoms with Gasteiger partial charge in [0.25, 0.3) is 0 Å². The van der Waals surface area contributed by atoms with Crippen molar-refractivity contribution in [2.75, 3.05) is 0 Å². The minimum Gasteiger partial charge on any atom is -0.406 e. The smallest absolute Gasteiger partial charge is 0.406 e. The van der Waals surface area contributed by atoms with Crippen molar-refractivity contribution in [3.8, 4) is 11.8 Å². The summed E-state index contributed by atoms with van der Waals surface area (Å²) in [5, 5.41) is 8.29. The average molecular weight is 292 g/mol. The topological polar surface area (TPSA) is 33.0 Å². The molecule has 0 saturated heterocycles. The van der Waals surface area contributed by atoms with Crippen molar-refractivity contribution in [2.45, 2.75) is 6.36 Å². The Morgan fingerprint density at radius 3 is 2.56 bits per heavy atom. The Labute approximate surface area is 98.1 Å². The van der Waals surface area contributed by atoms with Crippen LogP contribution in [0.2, 0.25) is 0 Å². The first-order valence-corrected chi connectivity index (χ1v) is 4.82. The first kappa shape index (κ1) is 12.6. The molecule has 16 heavy (non-hydrogen) atoms. The standard InChI is InChI=1S/C10H5BrF3NO/c11-8-4-7(2-1-3-15)5-9(6-8)16-10(12,13)14/h1-2,4-6H. The second-order valence-corrected chi connectivity index (χ2v) is 3.65. The normalized spacial score (nSPS) is 11.4. The van der Waals surface area contributed by atoms with E-state index in [0.717, 1.165) is 0 Å². The molecule has 0 amide bonds. The van der Waals surface area contributed by atoms with Crippen molar-refractivity contribution >= 4 is 22.0 Å². The largest absolute Gasteiger partial charge is 0.573 e. The maximum atomic E-state index is 11.9. The van der Waals surface area contributed by atoms with Gasteiger partial charge in [0.05, 0.1) is 6.07 Å². The number of ether oxygens (including phenoxy) is 1. The van der Waals surface area contributed by atoms with Crippen molar-refractivity contribution in [2.24, 2.45) is 0 Å². The lowest BCUT2D eigenvalue weighted by Crippen LogP contribution is -2.17. The van der Waals surface area contributed by atoms with E-state index in [2.05, 4.69) is 20.7 Å². The van der Waals surface area contributed by atoms with E-state index in [9.17, 15) is 13.2 Å². The highest BCUT2D eigenvalue weighted by Crippen LogP contribution is 2.27. The summed E-state index contributed by atoms with van der Waals surface area (Å²) in [7, 11) is 0. The van der Waals surface area contributed by atoms with Gasteiger partial charge in [-0.25, -0.2) is 0 Å². The zero-order valence-corrected chi connectivity index (χ0v) is 9.34. The highest BCUT2D eigenvalue weighted by Gasteiger charge is 2.31. The van der Waals surface area contributed by atoms with E-state index in [1.165, 1.54) is 24.3 Å². The molecule has 1 aromatic carbocycles. The molecule has 0 aliphatic heterocycles. The molecule has 1 aromatic rings. The summed E-state index contributed by atoms with van der Waals surface area (Å²) in [6.45, 7) is 0. The second kappa shape index (κ2) is 5.03. The summed E-state index contributed by atoms with van der Waals surface area (Å²) in [4.78, 5) is 0. The van der Waals surface area contributed by atoms with E-state index in [1.807, 2.05) is 0 Å². The zero-order chi connectivity index (χ0) is 12.2. The van der Waals surface area contributed by atoms with Crippen molar-refractivity contribution in [3.63, 3.8) is 0 Å². The number of nitriles is 1. The Hall–Kier alpha value is -1.48. The average Bonchev–Trinajstić information content (AvgIpc) is 2.10. The molecule has 2 nitrogen and oxygen atoms in total. The number of hydrogen-bond acceptors (Lipinski definition) is 2. The van der Waals surface area contributed by atoms with Crippen molar-refractivity contribution < 1.29 is 17.9 Å². The van der Waals surface area contributed by atoms with Crippen LogP contribution in [0, 0.1) is 11.3 Å². The lowest BCUT2D eigenvalue weighted by molar-refractivity contribution is -0.274. The highest BCUT2D eigenvalue weighted by atomic mass is 79.9. The summed E-state index contributed by atoms with van der Waals surface area (Å²) in [6, 6.07) is 5.69. The fourth-order valence-corrected chi connectivity index (χ4v) is 1.50. The van der Waals surface area contributed by atoms with E-state index < -0.39 is 6.36 Å². The minimum atomic E-state index is -4.73. The lowest BCUT2D eigenvalue weighted by Gasteiger charge is -2.09. The third-order valence-corrected chi connectivity index (χ3v) is 1.94. The first-order valence-electron chi connectivity index (χ1n) is 4.03. The number of alkyl halides is 3. The molecule has 84 valence electrons. The fourth-order valence-electron chi connectivity index (χ4n) is 1.01. The van der Waals surface area contributed by atoms with Gasteiger partial charge in [-0.1, -0.05) is 15.9 Å². The quantitative estimate of drug-likeness (QED) is 0.775. The molecule has 0 aliphatic rings. The molecule has 0 aliphatic carbocycles. The predicted molar refractivity (Wildman–Crippen MR) is 55.5 cm³/mol. The molecule has 1 rings (SSSR count). The van der Waals surface area contributed by atoms with Gasteiger partial charge in [-0.2, -0.15) is 5.26 Å². The van der Waals surface area contributed by atoms with Crippen molar-refractivity contribution in [1.29, 1.82) is 5.26 Å². The molecule has 0 atom stereocenters. The monoisotopic (exact) mass is 291 g/mol. The van der Waals surface area contributed by atoms with Crippen LogP contribution < -0.4 is 4.74 Å². The molecule has 0 fully saturated rings. The Balaban J connectivity index is 3.00. The van der Waals surface area contributed by atoms with Gasteiger partial charge in [0.2, 0.25) is 0 Å². The number of rotatable bonds is 2. The molecule has 0 bridgehead atoms. The molecular weight excluding hydrogens is 287 g/mol. The van der Waals surface area contributed by atoms with E-state index in [4.69, 9.17) is 5.26 Å². The molecule has 0 saturated carbocycles. The summed E-state index contributed by atoms with van der Waals surface area (Å²) in [5.74, 6) is -0.334. The molecule has 0 heterocycles. The summed E-state index contributed by atoms with van der Waals surface area (Å²) < 4.78 is 40.0. The van der Waals surface area contributed by atoms with Gasteiger partial charge in [0.15, 0.2) is 0 Å². The van der Waals surface area contributed by atoms with Crippen LogP contribution >= 0.6 is 15.9 Å². The van der Waals surface area contributed by atoms with Crippen LogP contribution in [-0.4, -0.2) is 6.36 Å². The number of hydrogen-bond donors (Lipinski definition) is 0. The van der Waals surface area contributed by atoms with E-state index >= 15 is 0 Å². The first-order chi connectivity index (χ1) is 7.40. The molecule has 0 N–H and O–H groups in total. The number of halogens is 4. The molecular formula is C10H5BrF3NO. The Kier molecular flexibility index (Phi) is 3.96. The van der Waals surface area contributed by atoms with E-state index in [-0.39, 0.29) is 5.75 Å². The molecule has 0 aromatic heterocycles. The maximum absolute atomic E-state index is 11.9. The fraction of sp³-hybridized carbons (Fsp3) is 0.100. The van der Waals surface area contributed by atoms with Gasteiger partial charge in [0.1, 0.15) is 5.75 Å². The molecule has 0 unspecified atom stereocenters. The van der Waals surface area contributed by atoms with Crippen molar-refractivity contribution in [1.82, 2.24) is 0 Å². The summed E-state index contributed by atoms with van der Waals surface area (Å²) >= 11 is 3.05. The predicted octanol–water partition coefficient (Wildman–Crippen LogP) is 3.88. The summed E-state index contributed by atoms with van der Waals surface area (Å²) in [5.41, 5.74) is 0.440. The van der Waals surface area contributed by atoms with Gasteiger partial charge >= 0.3 is 6.36 Å². The Morgan fingerprint density at radius 1 is 1.31 bits per heavy atom. The second-order valence-electron chi connectivity index (χ2n) is 2.73. The van der Waals surface area contributed by atoms with Gasteiger partial charge in [-0.05, 0) is 29.8 Å². The van der Waals surface area contributed by atoms with Crippen LogP contribution in [-0.2, 0) is 0 Å². The Morgan fingerprint density at radius 2 is 2.00 bits per heavy atom. The number of nitrogens with zero attached hydrogens (tertiary/aromatic N) is 1. The minimum absolute atomic E-state index is 0.334. The number of allylic oxidation sites excluding steroid dienone is 1. The number of benzene rings is 1. The highest BCUT2D eigenvalue weighted by molar-refractivity contribution is 9.10. The van der Waals surface area contributed by atoms with E-state index in [1.54, 1.807) is 12.1 Å². The lowest BCUT2D eigenvalue weighted by atomic mass is 10.2. The third kappa shape index (κ3) is 4.36. The van der Waals surface area contributed by atoms with Gasteiger partial charge < -0.3 is 4.74 Å². The van der Waals surface area contributed by atoms with Gasteiger partial charge in [-0.15, -0.1) is 13.2 Å².